The summed E-state index contributed by atoms with van der Waals surface area (Å²) in [6, 6.07) is 17.8. The van der Waals surface area contributed by atoms with Gasteiger partial charge in [0.1, 0.15) is 0 Å². The second-order valence-electron chi connectivity index (χ2n) is 5.73. The molecule has 0 spiro atoms. The Morgan fingerprint density at radius 2 is 1.80 bits per heavy atom. The third-order valence-corrected chi connectivity index (χ3v) is 5.65. The number of hydrogen-bond acceptors (Lipinski definition) is 2. The minimum absolute atomic E-state index is 0.707. The van der Waals surface area contributed by atoms with Gasteiger partial charge in [0.25, 0.3) is 0 Å². The van der Waals surface area contributed by atoms with Gasteiger partial charge >= 0.3 is 0 Å². The summed E-state index contributed by atoms with van der Waals surface area (Å²) in [5, 5.41) is 0.707. The lowest BCUT2D eigenvalue weighted by atomic mass is 10.0. The molecule has 102 valence electrons. The topological polar surface area (TPSA) is 3.24 Å². The van der Waals surface area contributed by atoms with Crippen molar-refractivity contribution in [3.63, 3.8) is 0 Å². The van der Waals surface area contributed by atoms with Gasteiger partial charge in [-0.3, -0.25) is 0 Å². The lowest BCUT2D eigenvalue weighted by Gasteiger charge is -2.33. The van der Waals surface area contributed by atoms with Gasteiger partial charge in [0.05, 0.1) is 0 Å². The van der Waals surface area contributed by atoms with Gasteiger partial charge in [-0.25, -0.2) is 0 Å². The maximum Gasteiger partial charge on any atom is 0.0399 e. The second kappa shape index (κ2) is 5.17. The van der Waals surface area contributed by atoms with Crippen LogP contribution in [0.3, 0.4) is 0 Å². The molecule has 2 aromatic rings. The smallest absolute Gasteiger partial charge is 0.0399 e. The Labute approximate surface area is 125 Å². The third-order valence-electron chi connectivity index (χ3n) is 4.34. The Balaban J connectivity index is 1.52. The fraction of sp³-hybridized carbons (Fsp3) is 0.333. The zero-order chi connectivity index (χ0) is 13.4. The van der Waals surface area contributed by atoms with Gasteiger partial charge in [0.15, 0.2) is 0 Å². The second-order valence-corrected chi connectivity index (χ2v) is 7.07. The van der Waals surface area contributed by atoms with Gasteiger partial charge in [-0.05, 0) is 42.5 Å². The van der Waals surface area contributed by atoms with Crippen LogP contribution < -0.4 is 4.90 Å². The molecule has 0 fully saturated rings. The molecule has 0 amide bonds. The molecule has 0 saturated carbocycles. The van der Waals surface area contributed by atoms with E-state index in [1.807, 2.05) is 0 Å². The van der Waals surface area contributed by atoms with Gasteiger partial charge in [-0.1, -0.05) is 36.4 Å². The monoisotopic (exact) mass is 281 g/mol. The lowest BCUT2D eigenvalue weighted by Crippen LogP contribution is -2.35. The van der Waals surface area contributed by atoms with Crippen molar-refractivity contribution in [2.24, 2.45) is 0 Å². The maximum atomic E-state index is 2.60. The van der Waals surface area contributed by atoms with Crippen molar-refractivity contribution in [1.82, 2.24) is 0 Å². The van der Waals surface area contributed by atoms with E-state index in [9.17, 15) is 0 Å². The van der Waals surface area contributed by atoms with Crippen molar-refractivity contribution < 1.29 is 0 Å². The molecule has 2 heterocycles. The van der Waals surface area contributed by atoms with Crippen LogP contribution in [0, 0.1) is 0 Å². The van der Waals surface area contributed by atoms with E-state index in [2.05, 4.69) is 65.2 Å². The number of rotatable bonds is 2. The van der Waals surface area contributed by atoms with E-state index in [1.165, 1.54) is 54.1 Å². The summed E-state index contributed by atoms with van der Waals surface area (Å²) in [5.41, 5.74) is 4.53. The summed E-state index contributed by atoms with van der Waals surface area (Å²) in [5.74, 6) is 0. The Kier molecular flexibility index (Phi) is 3.19. The first kappa shape index (κ1) is 12.3. The molecule has 0 aliphatic carbocycles. The first-order valence-corrected chi connectivity index (χ1v) is 8.35. The highest BCUT2D eigenvalue weighted by atomic mass is 32.2. The summed E-state index contributed by atoms with van der Waals surface area (Å²) >= 11 is 2.06. The van der Waals surface area contributed by atoms with Crippen molar-refractivity contribution in [3.05, 3.63) is 59.7 Å². The van der Waals surface area contributed by atoms with Crippen LogP contribution in [0.15, 0.2) is 53.4 Å². The molecule has 0 N–H and O–H groups in total. The molecule has 2 aliphatic rings. The summed E-state index contributed by atoms with van der Waals surface area (Å²) in [6.45, 7) is 2.39. The van der Waals surface area contributed by atoms with E-state index < -0.39 is 0 Å². The number of thioether (sulfide) groups is 1. The Bertz CT molecular complexity index is 597. The Hall–Kier alpha value is -1.41. The number of fused-ring (bicyclic) bond motifs is 2. The molecule has 2 heteroatoms. The van der Waals surface area contributed by atoms with Crippen LogP contribution in [0.4, 0.5) is 5.69 Å². The maximum absolute atomic E-state index is 2.60. The summed E-state index contributed by atoms with van der Waals surface area (Å²) in [7, 11) is 0. The molecular weight excluding hydrogens is 262 g/mol. The van der Waals surface area contributed by atoms with Gasteiger partial charge in [-0.2, -0.15) is 0 Å². The molecule has 2 aliphatic heterocycles. The normalized spacial score (nSPS) is 20.6. The molecular formula is C18H19NS. The molecule has 1 unspecified atom stereocenters. The van der Waals surface area contributed by atoms with Gasteiger partial charge in [0.2, 0.25) is 0 Å². The number of aryl methyl sites for hydroxylation is 1. The lowest BCUT2D eigenvalue weighted by molar-refractivity contribution is 0.675. The summed E-state index contributed by atoms with van der Waals surface area (Å²) in [6.07, 6.45) is 3.76. The van der Waals surface area contributed by atoms with Gasteiger partial charge < -0.3 is 4.90 Å². The van der Waals surface area contributed by atoms with Crippen molar-refractivity contribution in [3.8, 4) is 0 Å². The van der Waals surface area contributed by atoms with Crippen LogP contribution in [0.25, 0.3) is 0 Å². The van der Waals surface area contributed by atoms with E-state index in [0.717, 1.165) is 0 Å². The van der Waals surface area contributed by atoms with Crippen LogP contribution in [0.1, 0.15) is 17.5 Å². The van der Waals surface area contributed by atoms with E-state index in [0.29, 0.717) is 5.25 Å². The summed E-state index contributed by atoms with van der Waals surface area (Å²) in [4.78, 5) is 4.09. The zero-order valence-electron chi connectivity index (χ0n) is 11.6. The standard InChI is InChI=1S/C18H19NS/c1-3-9-17-14(6-1)8-5-11-19(17)13-16-12-15-7-2-4-10-18(15)20-16/h1-4,6-7,9-10,16H,5,8,11-13H2. The Morgan fingerprint density at radius 1 is 1.00 bits per heavy atom. The van der Waals surface area contributed by atoms with Crippen LogP contribution >= 0.6 is 11.8 Å². The first-order chi connectivity index (χ1) is 9.90. The van der Waals surface area contributed by atoms with Crippen molar-refractivity contribution in [2.45, 2.75) is 29.4 Å². The highest BCUT2D eigenvalue weighted by molar-refractivity contribution is 8.00. The molecule has 0 radical (unpaired) electrons. The van der Waals surface area contributed by atoms with E-state index in [1.54, 1.807) is 0 Å². The quantitative estimate of drug-likeness (QED) is 0.813. The van der Waals surface area contributed by atoms with Crippen LogP contribution in [0.5, 0.6) is 0 Å². The SMILES string of the molecule is c1ccc2c(c1)CC(CN1CCCc3ccccc31)S2. The fourth-order valence-electron chi connectivity index (χ4n) is 3.40. The fourth-order valence-corrected chi connectivity index (χ4v) is 4.74. The Morgan fingerprint density at radius 3 is 2.70 bits per heavy atom. The average molecular weight is 281 g/mol. The molecule has 0 aromatic heterocycles. The molecule has 0 saturated heterocycles. The zero-order valence-corrected chi connectivity index (χ0v) is 12.4. The van der Waals surface area contributed by atoms with Crippen molar-refractivity contribution in [1.29, 1.82) is 0 Å². The van der Waals surface area contributed by atoms with E-state index in [4.69, 9.17) is 0 Å². The predicted octanol–water partition coefficient (Wildman–Crippen LogP) is 4.16. The highest BCUT2D eigenvalue weighted by Crippen LogP contribution is 2.38. The number of anilines is 1. The molecule has 2 aromatic carbocycles. The van der Waals surface area contributed by atoms with Crippen molar-refractivity contribution >= 4 is 17.4 Å². The van der Waals surface area contributed by atoms with E-state index >= 15 is 0 Å². The molecule has 0 bridgehead atoms. The highest BCUT2D eigenvalue weighted by Gasteiger charge is 2.25. The number of benzene rings is 2. The third kappa shape index (κ3) is 2.22. The van der Waals surface area contributed by atoms with Gasteiger partial charge in [0, 0.05) is 28.9 Å². The predicted molar refractivity (Wildman–Crippen MR) is 86.8 cm³/mol. The van der Waals surface area contributed by atoms with Crippen LogP contribution in [0.2, 0.25) is 0 Å². The molecule has 1 nitrogen and oxygen atoms in total. The molecule has 20 heavy (non-hydrogen) atoms. The number of hydrogen-bond donors (Lipinski definition) is 0. The van der Waals surface area contributed by atoms with Crippen molar-refractivity contribution in [2.75, 3.05) is 18.0 Å². The summed E-state index contributed by atoms with van der Waals surface area (Å²) < 4.78 is 0. The van der Waals surface area contributed by atoms with Gasteiger partial charge in [-0.15, -0.1) is 11.8 Å². The minimum atomic E-state index is 0.707. The largest absolute Gasteiger partial charge is 0.370 e. The average Bonchev–Trinajstić information content (AvgIpc) is 2.90. The van der Waals surface area contributed by atoms with E-state index in [-0.39, 0.29) is 0 Å². The molecule has 4 rings (SSSR count). The first-order valence-electron chi connectivity index (χ1n) is 7.47. The minimum Gasteiger partial charge on any atom is -0.370 e. The number of para-hydroxylation sites is 1. The van der Waals surface area contributed by atoms with Crippen LogP contribution in [-0.2, 0) is 12.8 Å². The van der Waals surface area contributed by atoms with Crippen LogP contribution in [-0.4, -0.2) is 18.3 Å². The molecule has 1 atom stereocenters. The number of nitrogens with zero attached hydrogens (tertiary/aromatic N) is 1.